The number of halogens is 4. The van der Waals surface area contributed by atoms with Crippen LogP contribution in [0.25, 0.3) is 0 Å². The maximum Gasteiger partial charge on any atom is 0.417 e. The van der Waals surface area contributed by atoms with Gasteiger partial charge in [0.15, 0.2) is 5.17 Å². The third kappa shape index (κ3) is 3.74. The smallest absolute Gasteiger partial charge is 0.379 e. The van der Waals surface area contributed by atoms with Gasteiger partial charge in [-0.05, 0) is 30.3 Å². The first-order valence-electron chi connectivity index (χ1n) is 8.89. The van der Waals surface area contributed by atoms with Crippen molar-refractivity contribution in [2.45, 2.75) is 11.7 Å². The van der Waals surface area contributed by atoms with E-state index in [9.17, 15) is 22.4 Å². The number of nitrogens with one attached hydrogen (secondary N) is 1. The van der Waals surface area contributed by atoms with E-state index >= 15 is 0 Å². The first kappa shape index (κ1) is 20.6. The zero-order valence-corrected chi connectivity index (χ0v) is 16.2. The molecule has 1 unspecified atom stereocenters. The van der Waals surface area contributed by atoms with Gasteiger partial charge in [0.2, 0.25) is 0 Å². The van der Waals surface area contributed by atoms with E-state index in [1.807, 2.05) is 0 Å². The number of thioether (sulfide) groups is 1. The first-order chi connectivity index (χ1) is 14.2. The first-order valence-corrected chi connectivity index (χ1v) is 9.88. The number of hydrogen-bond donors (Lipinski definition) is 2. The monoisotopic (exact) mass is 440 g/mol. The van der Waals surface area contributed by atoms with E-state index in [1.165, 1.54) is 30.0 Å². The Hall–Kier alpha value is -2.66. The highest BCUT2D eigenvalue weighted by Crippen LogP contribution is 2.45. The normalized spacial score (nSPS) is 23.6. The molecule has 11 heteroatoms. The topological polar surface area (TPSA) is 89.6 Å². The number of benzene rings is 1. The number of alkyl halides is 3. The Bertz CT molecular complexity index is 1010. The molecule has 2 aliphatic heterocycles. The van der Waals surface area contributed by atoms with E-state index in [0.29, 0.717) is 23.7 Å². The molecule has 3 N–H and O–H groups in total. The number of pyridine rings is 1. The lowest BCUT2D eigenvalue weighted by Gasteiger charge is -2.34. The highest BCUT2D eigenvalue weighted by Gasteiger charge is 2.49. The molecule has 6 nitrogen and oxygen atoms in total. The Labute approximate surface area is 172 Å². The van der Waals surface area contributed by atoms with Crippen molar-refractivity contribution in [3.8, 4) is 0 Å². The van der Waals surface area contributed by atoms with E-state index in [4.69, 9.17) is 10.5 Å². The second-order valence-electron chi connectivity index (χ2n) is 6.98. The Morgan fingerprint density at radius 3 is 2.80 bits per heavy atom. The lowest BCUT2D eigenvalue weighted by Crippen LogP contribution is -2.40. The number of anilines is 1. The van der Waals surface area contributed by atoms with Crippen LogP contribution in [0.2, 0.25) is 0 Å². The molecule has 1 aromatic heterocycles. The number of aliphatic imine (C=N–C) groups is 1. The number of rotatable bonds is 3. The molecule has 0 aliphatic carbocycles. The summed E-state index contributed by atoms with van der Waals surface area (Å²) in [5.41, 5.74) is 4.23. The highest BCUT2D eigenvalue weighted by atomic mass is 32.2. The van der Waals surface area contributed by atoms with E-state index in [0.717, 1.165) is 12.1 Å². The summed E-state index contributed by atoms with van der Waals surface area (Å²) in [6, 6.07) is 5.75. The Balaban J connectivity index is 1.61. The van der Waals surface area contributed by atoms with Gasteiger partial charge in [0.25, 0.3) is 5.91 Å². The molecule has 0 spiro atoms. The molecule has 1 saturated heterocycles. The highest BCUT2D eigenvalue weighted by molar-refractivity contribution is 8.13. The molecule has 158 valence electrons. The number of amidine groups is 1. The number of amides is 1. The summed E-state index contributed by atoms with van der Waals surface area (Å²) in [5.74, 6) is -0.687. The number of nitrogens with two attached hydrogens (primary N) is 1. The van der Waals surface area contributed by atoms with Crippen LogP contribution in [-0.4, -0.2) is 35.0 Å². The Kier molecular flexibility index (Phi) is 5.18. The van der Waals surface area contributed by atoms with Gasteiger partial charge in [0.1, 0.15) is 17.1 Å². The summed E-state index contributed by atoms with van der Waals surface area (Å²) < 4.78 is 58.2. The fraction of sp³-hybridized carbons (Fsp3) is 0.316. The zero-order chi connectivity index (χ0) is 21.5. The quantitative estimate of drug-likeness (QED) is 0.715. The van der Waals surface area contributed by atoms with Crippen molar-refractivity contribution in [3.05, 3.63) is 59.2 Å². The fourth-order valence-corrected chi connectivity index (χ4v) is 4.49. The van der Waals surface area contributed by atoms with Gasteiger partial charge in [-0.25, -0.2) is 9.38 Å². The van der Waals surface area contributed by atoms with E-state index in [2.05, 4.69) is 15.3 Å². The van der Waals surface area contributed by atoms with Gasteiger partial charge in [0, 0.05) is 29.1 Å². The number of fused-ring (bicyclic) bond motifs is 1. The molecular formula is C19H16F4N4O2S. The fourth-order valence-electron chi connectivity index (χ4n) is 3.52. The Morgan fingerprint density at radius 2 is 2.10 bits per heavy atom. The summed E-state index contributed by atoms with van der Waals surface area (Å²) >= 11 is 1.38. The van der Waals surface area contributed by atoms with Crippen LogP contribution in [0.4, 0.5) is 23.2 Å². The van der Waals surface area contributed by atoms with Gasteiger partial charge in [-0.2, -0.15) is 13.2 Å². The van der Waals surface area contributed by atoms with Gasteiger partial charge in [-0.15, -0.1) is 0 Å². The Morgan fingerprint density at radius 1 is 1.30 bits per heavy atom. The third-order valence-corrected chi connectivity index (χ3v) is 6.03. The number of aromatic nitrogens is 1. The van der Waals surface area contributed by atoms with Crippen molar-refractivity contribution >= 4 is 28.5 Å². The van der Waals surface area contributed by atoms with Crippen molar-refractivity contribution in [1.82, 2.24) is 4.98 Å². The zero-order valence-electron chi connectivity index (χ0n) is 15.4. The van der Waals surface area contributed by atoms with Crippen LogP contribution in [0.5, 0.6) is 0 Å². The molecule has 30 heavy (non-hydrogen) atoms. The molecular weight excluding hydrogens is 424 g/mol. The number of carbonyl (C=O) groups is 1. The summed E-state index contributed by atoms with van der Waals surface area (Å²) in [6.45, 7) is 0.572. The van der Waals surface area contributed by atoms with Gasteiger partial charge >= 0.3 is 6.18 Å². The molecule has 3 heterocycles. The van der Waals surface area contributed by atoms with Crippen LogP contribution in [0.1, 0.15) is 21.6 Å². The second-order valence-corrected chi connectivity index (χ2v) is 8.02. The van der Waals surface area contributed by atoms with Crippen LogP contribution in [0, 0.1) is 11.7 Å². The third-order valence-electron chi connectivity index (χ3n) is 5.07. The standard InChI is InChI=1S/C19H16F4N4O2S/c20-14-3-2-12(26-16(28)15-4-1-10(6-25-15)19(21,22)23)5-13(14)18-9-29-7-11(18)8-30-17(24)27-18/h1-6,11H,7-9H2,(H2,24,27)(H,26,28)/t11?,18-/m0/s1. The summed E-state index contributed by atoms with van der Waals surface area (Å²) in [6.07, 6.45) is -3.96. The van der Waals surface area contributed by atoms with Crippen LogP contribution in [0.3, 0.4) is 0 Å². The summed E-state index contributed by atoms with van der Waals surface area (Å²) in [5, 5.41) is 2.87. The second kappa shape index (κ2) is 7.55. The number of carbonyl (C=O) groups excluding carboxylic acids is 1. The van der Waals surface area contributed by atoms with Crippen molar-refractivity contribution in [1.29, 1.82) is 0 Å². The molecule has 1 aromatic carbocycles. The van der Waals surface area contributed by atoms with Gasteiger partial charge in [0.05, 0.1) is 18.8 Å². The molecule has 0 saturated carbocycles. The number of nitrogens with zero attached hydrogens (tertiary/aromatic N) is 2. The average Bonchev–Trinajstić information content (AvgIpc) is 3.12. The minimum Gasteiger partial charge on any atom is -0.379 e. The lowest BCUT2D eigenvalue weighted by atomic mass is 9.81. The number of hydrogen-bond acceptors (Lipinski definition) is 6. The number of ether oxygens (including phenoxy) is 1. The van der Waals surface area contributed by atoms with Crippen LogP contribution in [0.15, 0.2) is 41.5 Å². The predicted octanol–water partition coefficient (Wildman–Crippen LogP) is 3.40. The molecule has 1 fully saturated rings. The van der Waals surface area contributed by atoms with Crippen molar-refractivity contribution in [2.75, 3.05) is 24.3 Å². The van der Waals surface area contributed by atoms with E-state index in [1.54, 1.807) is 0 Å². The van der Waals surface area contributed by atoms with Crippen molar-refractivity contribution < 1.29 is 27.1 Å². The average molecular weight is 440 g/mol. The van der Waals surface area contributed by atoms with Crippen molar-refractivity contribution in [3.63, 3.8) is 0 Å². The van der Waals surface area contributed by atoms with Gasteiger partial charge in [-0.1, -0.05) is 11.8 Å². The SMILES string of the molecule is NC1=N[C@@]2(c3cc(NC(=O)c4ccc(C(F)(F)F)cn4)ccc3F)COCC2CS1. The minimum absolute atomic E-state index is 0.0770. The molecule has 2 aliphatic rings. The maximum atomic E-state index is 14.7. The van der Waals surface area contributed by atoms with E-state index in [-0.39, 0.29) is 29.5 Å². The van der Waals surface area contributed by atoms with Crippen molar-refractivity contribution in [2.24, 2.45) is 16.6 Å². The van der Waals surface area contributed by atoms with E-state index < -0.39 is 29.0 Å². The minimum atomic E-state index is -4.55. The maximum absolute atomic E-state index is 14.7. The largest absolute Gasteiger partial charge is 0.417 e. The van der Waals surface area contributed by atoms with Crippen LogP contribution >= 0.6 is 11.8 Å². The van der Waals surface area contributed by atoms with Crippen LogP contribution in [-0.2, 0) is 16.5 Å². The summed E-state index contributed by atoms with van der Waals surface area (Å²) in [7, 11) is 0. The summed E-state index contributed by atoms with van der Waals surface area (Å²) in [4.78, 5) is 20.4. The van der Waals surface area contributed by atoms with Gasteiger partial charge in [-0.3, -0.25) is 9.78 Å². The molecule has 4 rings (SSSR count). The van der Waals surface area contributed by atoms with Gasteiger partial charge < -0.3 is 15.8 Å². The molecule has 1 amide bonds. The molecule has 0 bridgehead atoms. The van der Waals surface area contributed by atoms with Crippen LogP contribution < -0.4 is 11.1 Å². The molecule has 2 atom stereocenters. The lowest BCUT2D eigenvalue weighted by molar-refractivity contribution is -0.137. The molecule has 2 aromatic rings. The predicted molar refractivity (Wildman–Crippen MR) is 104 cm³/mol. The molecule has 0 radical (unpaired) electrons.